The molecule has 2 amide bonds. The van der Waals surface area contributed by atoms with Gasteiger partial charge in [0.05, 0.1) is 0 Å². The summed E-state index contributed by atoms with van der Waals surface area (Å²) in [5.41, 5.74) is 2.30. The van der Waals surface area contributed by atoms with Crippen LogP contribution in [-0.2, 0) is 9.59 Å². The highest BCUT2D eigenvalue weighted by molar-refractivity contribution is 5.77. The van der Waals surface area contributed by atoms with Crippen LogP contribution in [0.2, 0.25) is 0 Å². The fourth-order valence-corrected chi connectivity index (χ4v) is 3.96. The molecule has 5 heteroatoms. The molecule has 2 fully saturated rings. The minimum Gasteiger partial charge on any atom is -0.384 e. The van der Waals surface area contributed by atoms with Crippen molar-refractivity contribution in [3.05, 3.63) is 29.8 Å². The van der Waals surface area contributed by atoms with Gasteiger partial charge >= 0.3 is 0 Å². The number of anilines is 1. The van der Waals surface area contributed by atoms with Gasteiger partial charge in [-0.05, 0) is 50.2 Å². The summed E-state index contributed by atoms with van der Waals surface area (Å²) in [4.78, 5) is 28.4. The molecule has 2 aliphatic rings. The van der Waals surface area contributed by atoms with Crippen LogP contribution >= 0.6 is 0 Å². The largest absolute Gasteiger partial charge is 0.384 e. The zero-order valence-electron chi connectivity index (χ0n) is 15.9. The van der Waals surface area contributed by atoms with Gasteiger partial charge in [0.1, 0.15) is 0 Å². The Hall–Kier alpha value is -2.04. The zero-order valence-corrected chi connectivity index (χ0v) is 15.9. The second-order valence-corrected chi connectivity index (χ2v) is 7.61. The smallest absolute Gasteiger partial charge is 0.224 e. The lowest BCUT2D eigenvalue weighted by atomic mass is 9.95. The van der Waals surface area contributed by atoms with E-state index < -0.39 is 0 Å². The Kier molecular flexibility index (Phi) is 6.53. The minimum atomic E-state index is 0.235. The molecule has 142 valence electrons. The maximum absolute atomic E-state index is 12.4. The van der Waals surface area contributed by atoms with Crippen molar-refractivity contribution in [2.75, 3.05) is 38.0 Å². The van der Waals surface area contributed by atoms with E-state index in [2.05, 4.69) is 18.3 Å². The van der Waals surface area contributed by atoms with Crippen molar-refractivity contribution in [2.45, 2.75) is 45.4 Å². The monoisotopic (exact) mass is 357 g/mol. The van der Waals surface area contributed by atoms with Gasteiger partial charge in [-0.3, -0.25) is 9.59 Å². The van der Waals surface area contributed by atoms with Crippen molar-refractivity contribution in [3.63, 3.8) is 0 Å². The average Bonchev–Trinajstić information content (AvgIpc) is 2.66. The molecule has 2 saturated heterocycles. The van der Waals surface area contributed by atoms with Crippen LogP contribution in [0.5, 0.6) is 0 Å². The molecule has 0 atom stereocenters. The first kappa shape index (κ1) is 18.7. The summed E-state index contributed by atoms with van der Waals surface area (Å²) in [6.45, 7) is 6.21. The molecule has 1 aromatic rings. The predicted molar refractivity (Wildman–Crippen MR) is 104 cm³/mol. The number of rotatable bonds is 6. The van der Waals surface area contributed by atoms with Crippen LogP contribution < -0.4 is 5.32 Å². The molecule has 0 aromatic heterocycles. The zero-order chi connectivity index (χ0) is 18.4. The quantitative estimate of drug-likeness (QED) is 0.851. The Morgan fingerprint density at radius 2 is 1.92 bits per heavy atom. The number of piperidine rings is 2. The highest BCUT2D eigenvalue weighted by Crippen LogP contribution is 2.21. The third-order valence-corrected chi connectivity index (χ3v) is 5.67. The van der Waals surface area contributed by atoms with Gasteiger partial charge in [0.15, 0.2) is 0 Å². The van der Waals surface area contributed by atoms with Gasteiger partial charge in [0.25, 0.3) is 0 Å². The summed E-state index contributed by atoms with van der Waals surface area (Å²) in [6.07, 6.45) is 5.45. The van der Waals surface area contributed by atoms with E-state index in [0.29, 0.717) is 31.2 Å². The van der Waals surface area contributed by atoms with Gasteiger partial charge in [-0.2, -0.15) is 0 Å². The Labute approximate surface area is 156 Å². The number of amides is 2. The van der Waals surface area contributed by atoms with Gasteiger partial charge in [-0.15, -0.1) is 0 Å². The molecule has 0 radical (unpaired) electrons. The molecule has 0 saturated carbocycles. The van der Waals surface area contributed by atoms with E-state index in [1.165, 1.54) is 5.56 Å². The molecule has 1 aromatic carbocycles. The lowest BCUT2D eigenvalue weighted by molar-refractivity contribution is -0.136. The normalized spacial score (nSPS) is 18.9. The number of carbonyl (C=O) groups is 2. The number of nitrogens with zero attached hydrogens (tertiary/aromatic N) is 2. The van der Waals surface area contributed by atoms with Crippen molar-refractivity contribution >= 4 is 17.5 Å². The van der Waals surface area contributed by atoms with Crippen LogP contribution in [0.25, 0.3) is 0 Å². The van der Waals surface area contributed by atoms with Crippen LogP contribution in [0.1, 0.15) is 44.1 Å². The SMILES string of the molecule is Cc1ccccc1NCCC(=O)N1CCC(CN2CCCCC2=O)CC1. The Morgan fingerprint density at radius 1 is 1.15 bits per heavy atom. The summed E-state index contributed by atoms with van der Waals surface area (Å²) in [7, 11) is 0. The van der Waals surface area contributed by atoms with E-state index >= 15 is 0 Å². The van der Waals surface area contributed by atoms with Crippen LogP contribution in [0.4, 0.5) is 5.69 Å². The van der Waals surface area contributed by atoms with E-state index in [9.17, 15) is 9.59 Å². The molecule has 0 bridgehead atoms. The Bertz CT molecular complexity index is 623. The first-order valence-corrected chi connectivity index (χ1v) is 9.98. The Balaban J connectivity index is 1.37. The van der Waals surface area contributed by atoms with Gasteiger partial charge < -0.3 is 15.1 Å². The second kappa shape index (κ2) is 9.06. The van der Waals surface area contributed by atoms with Crippen molar-refractivity contribution in [1.82, 2.24) is 9.80 Å². The standard InChI is InChI=1S/C21H31N3O2/c1-17-6-2-3-7-19(17)22-12-9-21(26)23-14-10-18(11-15-23)16-24-13-5-4-8-20(24)25/h2-3,6-7,18,22H,4-5,8-16H2,1H3. The number of likely N-dealkylation sites (tertiary alicyclic amines) is 2. The maximum Gasteiger partial charge on any atom is 0.224 e. The highest BCUT2D eigenvalue weighted by Gasteiger charge is 2.26. The number of nitrogens with one attached hydrogen (secondary N) is 1. The summed E-state index contributed by atoms with van der Waals surface area (Å²) in [5.74, 6) is 1.10. The van der Waals surface area contributed by atoms with E-state index in [1.54, 1.807) is 0 Å². The molecule has 1 N–H and O–H groups in total. The number of hydrogen-bond acceptors (Lipinski definition) is 3. The number of benzene rings is 1. The van der Waals surface area contributed by atoms with Gasteiger partial charge in [-0.1, -0.05) is 18.2 Å². The Morgan fingerprint density at radius 3 is 2.65 bits per heavy atom. The number of carbonyl (C=O) groups excluding carboxylic acids is 2. The number of aryl methyl sites for hydroxylation is 1. The highest BCUT2D eigenvalue weighted by atomic mass is 16.2. The molecule has 3 rings (SSSR count). The van der Waals surface area contributed by atoms with Crippen LogP contribution in [0, 0.1) is 12.8 Å². The third-order valence-electron chi connectivity index (χ3n) is 5.67. The summed E-state index contributed by atoms with van der Waals surface area (Å²) in [5, 5.41) is 3.36. The molecule has 0 spiro atoms. The number of para-hydroxylation sites is 1. The molecule has 0 aliphatic carbocycles. The fraction of sp³-hybridized carbons (Fsp3) is 0.619. The van der Waals surface area contributed by atoms with E-state index in [0.717, 1.165) is 57.5 Å². The lowest BCUT2D eigenvalue weighted by Crippen LogP contribution is -2.44. The van der Waals surface area contributed by atoms with Gasteiger partial charge in [0.2, 0.25) is 11.8 Å². The van der Waals surface area contributed by atoms with E-state index in [4.69, 9.17) is 0 Å². The lowest BCUT2D eigenvalue weighted by Gasteiger charge is -2.36. The fourth-order valence-electron chi connectivity index (χ4n) is 3.96. The molecule has 26 heavy (non-hydrogen) atoms. The van der Waals surface area contributed by atoms with Gasteiger partial charge in [-0.25, -0.2) is 0 Å². The van der Waals surface area contributed by atoms with E-state index in [1.807, 2.05) is 28.0 Å². The van der Waals surface area contributed by atoms with Crippen molar-refractivity contribution in [2.24, 2.45) is 5.92 Å². The van der Waals surface area contributed by atoms with E-state index in [-0.39, 0.29) is 5.91 Å². The second-order valence-electron chi connectivity index (χ2n) is 7.61. The summed E-state index contributed by atoms with van der Waals surface area (Å²) < 4.78 is 0. The third kappa shape index (κ3) is 4.99. The van der Waals surface area contributed by atoms with Crippen molar-refractivity contribution < 1.29 is 9.59 Å². The predicted octanol–water partition coefficient (Wildman–Crippen LogP) is 3.05. The number of hydrogen-bond donors (Lipinski definition) is 1. The average molecular weight is 357 g/mol. The molecule has 0 unspecified atom stereocenters. The summed E-state index contributed by atoms with van der Waals surface area (Å²) in [6, 6.07) is 8.15. The van der Waals surface area contributed by atoms with Gasteiger partial charge in [0, 0.05) is 51.3 Å². The van der Waals surface area contributed by atoms with Crippen LogP contribution in [-0.4, -0.2) is 54.3 Å². The molecule has 5 nitrogen and oxygen atoms in total. The minimum absolute atomic E-state index is 0.235. The molecule has 2 heterocycles. The molecule has 2 aliphatic heterocycles. The van der Waals surface area contributed by atoms with Crippen LogP contribution in [0.15, 0.2) is 24.3 Å². The molecular formula is C21H31N3O2. The molecular weight excluding hydrogens is 326 g/mol. The first-order chi connectivity index (χ1) is 12.6. The topological polar surface area (TPSA) is 52.7 Å². The maximum atomic E-state index is 12.4. The first-order valence-electron chi connectivity index (χ1n) is 9.98. The van der Waals surface area contributed by atoms with Crippen LogP contribution in [0.3, 0.4) is 0 Å². The van der Waals surface area contributed by atoms with Crippen molar-refractivity contribution in [3.8, 4) is 0 Å². The summed E-state index contributed by atoms with van der Waals surface area (Å²) >= 11 is 0. The van der Waals surface area contributed by atoms with Crippen molar-refractivity contribution in [1.29, 1.82) is 0 Å².